The maximum Gasteiger partial charge on any atom is 0.319 e. The first kappa shape index (κ1) is 19.3. The summed E-state index contributed by atoms with van der Waals surface area (Å²) in [6, 6.07) is 10.5. The Morgan fingerprint density at radius 1 is 1.19 bits per heavy atom. The maximum absolute atomic E-state index is 12.6. The Morgan fingerprint density at radius 2 is 1.93 bits per heavy atom. The number of para-hydroxylation sites is 1. The molecule has 3 rings (SSSR count). The van der Waals surface area contributed by atoms with Crippen LogP contribution in [-0.4, -0.2) is 43.4 Å². The highest BCUT2D eigenvalue weighted by Gasteiger charge is 2.29. The van der Waals surface area contributed by atoms with Gasteiger partial charge in [0.25, 0.3) is 0 Å². The monoisotopic (exact) mass is 388 g/mol. The number of nitrogens with one attached hydrogen (secondary N) is 2. The number of sulfonamides is 1. The topological polar surface area (TPSA) is 91.4 Å². The number of piperidine rings is 1. The Balaban J connectivity index is 1.47. The fourth-order valence-electron chi connectivity index (χ4n) is 3.12. The molecule has 0 atom stereocenters. The summed E-state index contributed by atoms with van der Waals surface area (Å²) in [4.78, 5) is 16.2. The number of carbonyl (C=O) groups excluding carboxylic acids is 1. The van der Waals surface area contributed by atoms with Gasteiger partial charge in [0.1, 0.15) is 4.90 Å². The predicted octanol–water partition coefficient (Wildman–Crippen LogP) is 2.61. The number of hydrogen-bond donors (Lipinski definition) is 2. The molecule has 2 aromatic rings. The van der Waals surface area contributed by atoms with Gasteiger partial charge in [-0.15, -0.1) is 0 Å². The van der Waals surface area contributed by atoms with Gasteiger partial charge in [0.05, 0.1) is 0 Å². The number of pyridine rings is 1. The highest BCUT2D eigenvalue weighted by atomic mass is 32.2. The molecule has 7 nitrogen and oxygen atoms in total. The van der Waals surface area contributed by atoms with Crippen molar-refractivity contribution >= 4 is 21.7 Å². The minimum atomic E-state index is -3.49. The third kappa shape index (κ3) is 4.84. The van der Waals surface area contributed by atoms with Crippen molar-refractivity contribution < 1.29 is 13.2 Å². The zero-order chi connectivity index (χ0) is 19.3. The lowest BCUT2D eigenvalue weighted by Gasteiger charge is -2.31. The number of carbonyl (C=O) groups is 1. The fraction of sp³-hybridized carbons (Fsp3) is 0.368. The normalized spacial score (nSPS) is 16.0. The molecular weight excluding hydrogens is 364 g/mol. The van der Waals surface area contributed by atoms with E-state index in [9.17, 15) is 13.2 Å². The van der Waals surface area contributed by atoms with E-state index in [1.807, 2.05) is 31.2 Å². The zero-order valence-corrected chi connectivity index (χ0v) is 16.1. The quantitative estimate of drug-likeness (QED) is 0.824. The van der Waals surface area contributed by atoms with Gasteiger partial charge in [-0.05, 0) is 49.4 Å². The smallest absolute Gasteiger partial charge is 0.319 e. The number of aromatic nitrogens is 1. The number of amides is 2. The lowest BCUT2D eigenvalue weighted by atomic mass is 9.98. The summed E-state index contributed by atoms with van der Waals surface area (Å²) < 4.78 is 26.7. The second-order valence-electron chi connectivity index (χ2n) is 6.69. The van der Waals surface area contributed by atoms with E-state index in [0.29, 0.717) is 32.5 Å². The van der Waals surface area contributed by atoms with E-state index in [0.717, 1.165) is 11.3 Å². The first-order chi connectivity index (χ1) is 13.0. The molecule has 0 unspecified atom stereocenters. The van der Waals surface area contributed by atoms with Gasteiger partial charge < -0.3 is 10.6 Å². The van der Waals surface area contributed by atoms with E-state index in [1.165, 1.54) is 10.5 Å². The molecule has 1 aromatic heterocycles. The lowest BCUT2D eigenvalue weighted by molar-refractivity contribution is 0.240. The Kier molecular flexibility index (Phi) is 6.08. The van der Waals surface area contributed by atoms with Crippen molar-refractivity contribution in [2.75, 3.05) is 25.0 Å². The molecule has 2 heterocycles. The van der Waals surface area contributed by atoms with E-state index >= 15 is 0 Å². The van der Waals surface area contributed by atoms with E-state index < -0.39 is 10.0 Å². The number of nitrogens with zero attached hydrogens (tertiary/aromatic N) is 2. The zero-order valence-electron chi connectivity index (χ0n) is 15.3. The van der Waals surface area contributed by atoms with Crippen LogP contribution in [0.25, 0.3) is 0 Å². The van der Waals surface area contributed by atoms with E-state index in [4.69, 9.17) is 0 Å². The SMILES string of the molecule is Cc1ccccc1NC(=O)NCC1CCN(S(=O)(=O)c2cccnc2)CC1. The van der Waals surface area contributed by atoms with Gasteiger partial charge in [-0.3, -0.25) is 4.98 Å². The van der Waals surface area contributed by atoms with Crippen LogP contribution in [0.2, 0.25) is 0 Å². The fourth-order valence-corrected chi connectivity index (χ4v) is 4.55. The summed E-state index contributed by atoms with van der Waals surface area (Å²) in [7, 11) is -3.49. The molecular formula is C19H24N4O3S. The molecule has 1 fully saturated rings. The van der Waals surface area contributed by atoms with Crippen LogP contribution in [0.1, 0.15) is 18.4 Å². The van der Waals surface area contributed by atoms with Gasteiger partial charge in [-0.2, -0.15) is 4.31 Å². The van der Waals surface area contributed by atoms with Crippen molar-refractivity contribution in [1.82, 2.24) is 14.6 Å². The van der Waals surface area contributed by atoms with Crippen LogP contribution in [0.4, 0.5) is 10.5 Å². The van der Waals surface area contributed by atoms with Crippen LogP contribution in [0, 0.1) is 12.8 Å². The van der Waals surface area contributed by atoms with Crippen LogP contribution in [-0.2, 0) is 10.0 Å². The molecule has 1 aliphatic heterocycles. The Morgan fingerprint density at radius 3 is 2.59 bits per heavy atom. The van der Waals surface area contributed by atoms with Crippen molar-refractivity contribution in [3.05, 3.63) is 54.4 Å². The number of benzene rings is 1. The van der Waals surface area contributed by atoms with Crippen molar-refractivity contribution in [3.63, 3.8) is 0 Å². The molecule has 8 heteroatoms. The Labute approximate surface area is 159 Å². The minimum absolute atomic E-state index is 0.221. The molecule has 0 radical (unpaired) electrons. The van der Waals surface area contributed by atoms with Gasteiger partial charge >= 0.3 is 6.03 Å². The second kappa shape index (κ2) is 8.49. The van der Waals surface area contributed by atoms with Crippen LogP contribution >= 0.6 is 0 Å². The van der Waals surface area contributed by atoms with Gasteiger partial charge in [0.2, 0.25) is 10.0 Å². The van der Waals surface area contributed by atoms with Gasteiger partial charge in [0, 0.05) is 37.7 Å². The summed E-state index contributed by atoms with van der Waals surface area (Å²) in [5.41, 5.74) is 1.79. The van der Waals surface area contributed by atoms with E-state index in [-0.39, 0.29) is 16.8 Å². The summed E-state index contributed by atoms with van der Waals surface area (Å²) in [6.07, 6.45) is 4.35. The largest absolute Gasteiger partial charge is 0.338 e. The number of hydrogen-bond acceptors (Lipinski definition) is 4. The average Bonchev–Trinajstić information content (AvgIpc) is 2.69. The summed E-state index contributed by atoms with van der Waals surface area (Å²) in [6.45, 7) is 3.36. The number of rotatable bonds is 5. The number of aryl methyl sites for hydroxylation is 1. The molecule has 144 valence electrons. The molecule has 0 aliphatic carbocycles. The summed E-state index contributed by atoms with van der Waals surface area (Å²) in [5, 5.41) is 5.73. The van der Waals surface area contributed by atoms with Gasteiger partial charge in [-0.25, -0.2) is 13.2 Å². The Bertz CT molecular complexity index is 879. The van der Waals surface area contributed by atoms with Crippen molar-refractivity contribution in [2.45, 2.75) is 24.7 Å². The highest BCUT2D eigenvalue weighted by Crippen LogP contribution is 2.23. The molecule has 1 aromatic carbocycles. The molecule has 27 heavy (non-hydrogen) atoms. The van der Waals surface area contributed by atoms with Crippen molar-refractivity contribution in [1.29, 1.82) is 0 Å². The molecule has 0 spiro atoms. The van der Waals surface area contributed by atoms with E-state index in [1.54, 1.807) is 18.3 Å². The molecule has 1 saturated heterocycles. The number of anilines is 1. The van der Waals surface area contributed by atoms with Crippen molar-refractivity contribution in [2.24, 2.45) is 5.92 Å². The molecule has 2 amide bonds. The Hall–Kier alpha value is -2.45. The summed E-state index contributed by atoms with van der Waals surface area (Å²) in [5.74, 6) is 0.257. The first-order valence-corrected chi connectivity index (χ1v) is 10.4. The summed E-state index contributed by atoms with van der Waals surface area (Å²) >= 11 is 0. The third-order valence-corrected chi connectivity index (χ3v) is 6.67. The lowest BCUT2D eigenvalue weighted by Crippen LogP contribution is -2.42. The van der Waals surface area contributed by atoms with Crippen LogP contribution in [0.5, 0.6) is 0 Å². The van der Waals surface area contributed by atoms with Gasteiger partial charge in [0.15, 0.2) is 0 Å². The maximum atomic E-state index is 12.6. The number of urea groups is 1. The predicted molar refractivity (Wildman–Crippen MR) is 104 cm³/mol. The standard InChI is InChI=1S/C19H24N4O3S/c1-15-5-2-3-7-18(15)22-19(24)21-13-16-8-11-23(12-9-16)27(25,26)17-6-4-10-20-14-17/h2-7,10,14,16H,8-9,11-13H2,1H3,(H2,21,22,24). The average molecular weight is 388 g/mol. The molecule has 2 N–H and O–H groups in total. The minimum Gasteiger partial charge on any atom is -0.338 e. The first-order valence-electron chi connectivity index (χ1n) is 8.97. The molecule has 0 saturated carbocycles. The molecule has 0 bridgehead atoms. The second-order valence-corrected chi connectivity index (χ2v) is 8.62. The highest BCUT2D eigenvalue weighted by molar-refractivity contribution is 7.89. The third-order valence-electron chi connectivity index (χ3n) is 4.79. The van der Waals surface area contributed by atoms with Crippen LogP contribution in [0.3, 0.4) is 0 Å². The molecule has 1 aliphatic rings. The van der Waals surface area contributed by atoms with Crippen LogP contribution < -0.4 is 10.6 Å². The van der Waals surface area contributed by atoms with Gasteiger partial charge in [-0.1, -0.05) is 18.2 Å². The van der Waals surface area contributed by atoms with E-state index in [2.05, 4.69) is 15.6 Å². The van der Waals surface area contributed by atoms with Crippen molar-refractivity contribution in [3.8, 4) is 0 Å². The van der Waals surface area contributed by atoms with Crippen LogP contribution in [0.15, 0.2) is 53.7 Å².